The number of H-pyrrole nitrogens is 2. The van der Waals surface area contributed by atoms with Gasteiger partial charge in [-0.3, -0.25) is 14.9 Å². The fourth-order valence-electron chi connectivity index (χ4n) is 4.30. The number of nitrogens with zero attached hydrogens (tertiary/aromatic N) is 5. The van der Waals surface area contributed by atoms with Crippen molar-refractivity contribution in [1.82, 2.24) is 35.0 Å². The molecule has 1 aromatic carbocycles. The van der Waals surface area contributed by atoms with Gasteiger partial charge in [0.25, 0.3) is 0 Å². The van der Waals surface area contributed by atoms with Crippen molar-refractivity contribution in [1.29, 1.82) is 0 Å². The Hall–Kier alpha value is -4.53. The highest BCUT2D eigenvalue weighted by atomic mass is 16.2. The van der Waals surface area contributed by atoms with Gasteiger partial charge in [0, 0.05) is 42.3 Å². The van der Waals surface area contributed by atoms with Gasteiger partial charge in [-0.15, -0.1) is 0 Å². The fourth-order valence-corrected chi connectivity index (χ4v) is 4.30. The van der Waals surface area contributed by atoms with Gasteiger partial charge in [-0.05, 0) is 54.0 Å². The van der Waals surface area contributed by atoms with Crippen LogP contribution in [0.4, 0.5) is 11.5 Å². The number of pyridine rings is 1. The molecule has 0 saturated carbocycles. The Morgan fingerprint density at radius 1 is 1.12 bits per heavy atom. The van der Waals surface area contributed by atoms with Crippen molar-refractivity contribution >= 4 is 44.9 Å². The molecule has 168 valence electrons. The van der Waals surface area contributed by atoms with Gasteiger partial charge in [-0.25, -0.2) is 9.97 Å². The average molecular weight is 451 g/mol. The Morgan fingerprint density at radius 2 is 2.03 bits per heavy atom. The number of hydrogen-bond donors (Lipinski definition) is 3. The first kappa shape index (κ1) is 20.1. The number of anilines is 2. The van der Waals surface area contributed by atoms with Crippen LogP contribution in [0.25, 0.3) is 27.5 Å². The highest BCUT2D eigenvalue weighted by Gasteiger charge is 2.20. The van der Waals surface area contributed by atoms with E-state index in [1.165, 1.54) is 5.57 Å². The van der Waals surface area contributed by atoms with Gasteiger partial charge in [0.2, 0.25) is 5.91 Å². The van der Waals surface area contributed by atoms with E-state index in [-0.39, 0.29) is 5.91 Å². The minimum absolute atomic E-state index is 0.130. The summed E-state index contributed by atoms with van der Waals surface area (Å²) in [5.74, 6) is 0.867. The molecular weight excluding hydrogens is 428 g/mol. The molecule has 1 aliphatic rings. The van der Waals surface area contributed by atoms with Crippen molar-refractivity contribution in [2.75, 3.05) is 18.4 Å². The van der Waals surface area contributed by atoms with Gasteiger partial charge in [0.05, 0.1) is 23.5 Å². The van der Waals surface area contributed by atoms with Crippen molar-refractivity contribution in [3.8, 4) is 0 Å². The molecule has 0 radical (unpaired) electrons. The van der Waals surface area contributed by atoms with Gasteiger partial charge in [-0.2, -0.15) is 5.10 Å². The van der Waals surface area contributed by atoms with Crippen molar-refractivity contribution < 1.29 is 4.79 Å². The summed E-state index contributed by atoms with van der Waals surface area (Å²) in [7, 11) is 0. The zero-order valence-electron chi connectivity index (χ0n) is 18.3. The van der Waals surface area contributed by atoms with Crippen LogP contribution < -0.4 is 5.32 Å². The zero-order valence-corrected chi connectivity index (χ0v) is 18.3. The number of amides is 1. The molecule has 0 saturated heterocycles. The Morgan fingerprint density at radius 3 is 2.88 bits per heavy atom. The SMILES string of the molecule is O=C(Cc1ccncc1)N1CC=C(c2cc3c(Nc4ccc5[nH]ncc5c4)ncnc3[nH]2)CC1. The van der Waals surface area contributed by atoms with Gasteiger partial charge in [0.15, 0.2) is 0 Å². The predicted molar refractivity (Wildman–Crippen MR) is 130 cm³/mol. The summed E-state index contributed by atoms with van der Waals surface area (Å²) in [6.45, 7) is 1.28. The Labute approximate surface area is 195 Å². The van der Waals surface area contributed by atoms with Crippen LogP contribution in [0.15, 0.2) is 67.4 Å². The van der Waals surface area contributed by atoms with Crippen molar-refractivity contribution in [2.45, 2.75) is 12.8 Å². The van der Waals surface area contributed by atoms with Gasteiger partial charge >= 0.3 is 0 Å². The van der Waals surface area contributed by atoms with Crippen LogP contribution in [-0.4, -0.2) is 54.0 Å². The summed E-state index contributed by atoms with van der Waals surface area (Å²) in [6, 6.07) is 11.8. The standard InChI is InChI=1S/C25H22N8O/c34-23(11-16-3-7-26-8-4-16)33-9-5-17(6-10-33)22-13-20-24(27-15-28-25(20)31-22)30-19-1-2-21-18(12-19)14-29-32-21/h1-5,7-8,12-15H,6,9-11H2,(H,29,32)(H2,27,28,30,31). The molecule has 5 heterocycles. The fraction of sp³-hybridized carbons (Fsp3) is 0.160. The van der Waals surface area contributed by atoms with E-state index >= 15 is 0 Å². The zero-order chi connectivity index (χ0) is 22.9. The summed E-state index contributed by atoms with van der Waals surface area (Å²) in [5, 5.41) is 12.4. The Bertz CT molecular complexity index is 1520. The molecule has 9 nitrogen and oxygen atoms in total. The van der Waals surface area contributed by atoms with Crippen LogP contribution in [0.5, 0.6) is 0 Å². The summed E-state index contributed by atoms with van der Waals surface area (Å²) >= 11 is 0. The summed E-state index contributed by atoms with van der Waals surface area (Å²) < 4.78 is 0. The van der Waals surface area contributed by atoms with E-state index in [0.717, 1.165) is 51.1 Å². The van der Waals surface area contributed by atoms with Crippen LogP contribution in [0.3, 0.4) is 0 Å². The molecule has 1 aliphatic heterocycles. The number of aromatic amines is 2. The minimum Gasteiger partial charge on any atom is -0.340 e. The molecule has 34 heavy (non-hydrogen) atoms. The normalized spacial score (nSPS) is 13.9. The molecule has 0 spiro atoms. The number of carbonyl (C=O) groups excluding carboxylic acids is 1. The van der Waals surface area contributed by atoms with Crippen LogP contribution in [0.2, 0.25) is 0 Å². The quantitative estimate of drug-likeness (QED) is 0.375. The number of benzene rings is 1. The first-order valence-electron chi connectivity index (χ1n) is 11.1. The number of fused-ring (bicyclic) bond motifs is 2. The molecule has 4 aromatic heterocycles. The lowest BCUT2D eigenvalue weighted by atomic mass is 10.0. The smallest absolute Gasteiger partial charge is 0.227 e. The summed E-state index contributed by atoms with van der Waals surface area (Å²) in [6.07, 6.45) is 10.1. The molecule has 0 bridgehead atoms. The largest absolute Gasteiger partial charge is 0.340 e. The van der Waals surface area contributed by atoms with E-state index in [0.29, 0.717) is 19.5 Å². The van der Waals surface area contributed by atoms with Crippen molar-refractivity contribution in [3.05, 3.63) is 78.6 Å². The lowest BCUT2D eigenvalue weighted by Gasteiger charge is -2.26. The van der Waals surface area contributed by atoms with Crippen LogP contribution in [-0.2, 0) is 11.2 Å². The number of rotatable bonds is 5. The monoisotopic (exact) mass is 450 g/mol. The Kier molecular flexibility index (Phi) is 4.99. The number of hydrogen-bond acceptors (Lipinski definition) is 6. The molecule has 1 amide bonds. The van der Waals surface area contributed by atoms with Crippen LogP contribution in [0, 0.1) is 0 Å². The minimum atomic E-state index is 0.130. The van der Waals surface area contributed by atoms with E-state index < -0.39 is 0 Å². The third-order valence-corrected chi connectivity index (χ3v) is 6.14. The van der Waals surface area contributed by atoms with E-state index in [9.17, 15) is 4.79 Å². The van der Waals surface area contributed by atoms with E-state index in [2.05, 4.69) is 47.6 Å². The van der Waals surface area contributed by atoms with Crippen LogP contribution in [0.1, 0.15) is 17.7 Å². The molecule has 6 rings (SSSR count). The Balaban J connectivity index is 1.20. The highest BCUT2D eigenvalue weighted by Crippen LogP contribution is 2.29. The van der Waals surface area contributed by atoms with Gasteiger partial charge < -0.3 is 15.2 Å². The lowest BCUT2D eigenvalue weighted by Crippen LogP contribution is -2.35. The lowest BCUT2D eigenvalue weighted by molar-refractivity contribution is -0.130. The first-order chi connectivity index (χ1) is 16.7. The molecule has 3 N–H and O–H groups in total. The molecule has 9 heteroatoms. The molecular formula is C25H22N8O. The third kappa shape index (κ3) is 3.88. The van der Waals surface area contributed by atoms with E-state index in [1.54, 1.807) is 24.9 Å². The number of aromatic nitrogens is 6. The maximum absolute atomic E-state index is 12.7. The highest BCUT2D eigenvalue weighted by molar-refractivity contribution is 5.93. The molecule has 0 unspecified atom stereocenters. The average Bonchev–Trinajstić information content (AvgIpc) is 3.52. The topological polar surface area (TPSA) is 115 Å². The van der Waals surface area contributed by atoms with Gasteiger partial charge in [0.1, 0.15) is 17.8 Å². The maximum atomic E-state index is 12.7. The first-order valence-corrected chi connectivity index (χ1v) is 11.1. The second kappa shape index (κ2) is 8.43. The molecule has 0 fully saturated rings. The molecule has 0 atom stereocenters. The second-order valence-corrected chi connectivity index (χ2v) is 8.32. The summed E-state index contributed by atoms with van der Waals surface area (Å²) in [5.41, 5.74) is 5.85. The van der Waals surface area contributed by atoms with E-state index in [4.69, 9.17) is 0 Å². The molecule has 5 aromatic rings. The van der Waals surface area contributed by atoms with Crippen LogP contribution >= 0.6 is 0 Å². The van der Waals surface area contributed by atoms with Gasteiger partial charge in [-0.1, -0.05) is 6.08 Å². The molecule has 0 aliphatic carbocycles. The number of carbonyl (C=O) groups is 1. The number of nitrogens with one attached hydrogen (secondary N) is 3. The predicted octanol–water partition coefficient (Wildman–Crippen LogP) is 3.83. The van der Waals surface area contributed by atoms with Crippen molar-refractivity contribution in [2.24, 2.45) is 0 Å². The maximum Gasteiger partial charge on any atom is 0.227 e. The van der Waals surface area contributed by atoms with E-state index in [1.807, 2.05) is 35.2 Å². The van der Waals surface area contributed by atoms with Crippen molar-refractivity contribution in [3.63, 3.8) is 0 Å². The second-order valence-electron chi connectivity index (χ2n) is 8.32. The summed E-state index contributed by atoms with van der Waals surface area (Å²) in [4.78, 5) is 30.9. The third-order valence-electron chi connectivity index (χ3n) is 6.14.